The Morgan fingerprint density at radius 3 is 3.15 bits per heavy atom. The quantitative estimate of drug-likeness (QED) is 0.642. The van der Waals surface area contributed by atoms with E-state index in [0.29, 0.717) is 12.6 Å². The number of nitrogens with one attached hydrogen (secondary N) is 2. The molecule has 1 unspecified atom stereocenters. The zero-order valence-electron chi connectivity index (χ0n) is 7.78. The molecule has 0 bridgehead atoms. The van der Waals surface area contributed by atoms with Crippen LogP contribution in [0.4, 0.5) is 0 Å². The van der Waals surface area contributed by atoms with Gasteiger partial charge in [-0.15, -0.1) is 0 Å². The molecule has 0 amide bonds. The number of hydrogen-bond donors (Lipinski definition) is 2. The average molecular weight is 202 g/mol. The number of aromatic nitrogens is 3. The monoisotopic (exact) mass is 202 g/mol. The van der Waals surface area contributed by atoms with Crippen molar-refractivity contribution >= 4 is 11.8 Å². The summed E-state index contributed by atoms with van der Waals surface area (Å²) in [5.41, 5.74) is 0. The molecule has 2 N–H and O–H groups in total. The van der Waals surface area contributed by atoms with Crippen LogP contribution in [-0.4, -0.2) is 47.7 Å². The highest BCUT2D eigenvalue weighted by Crippen LogP contribution is 2.11. The fourth-order valence-corrected chi connectivity index (χ4v) is 1.72. The molecular formula is C7H14N4OS. The molecule has 74 valence electrons. The van der Waals surface area contributed by atoms with Crippen molar-refractivity contribution in [1.82, 2.24) is 20.5 Å². The molecule has 0 saturated carbocycles. The molecular weight excluding hydrogens is 188 g/mol. The first kappa shape index (κ1) is 10.5. The minimum absolute atomic E-state index is 0.347. The van der Waals surface area contributed by atoms with Gasteiger partial charge in [0.2, 0.25) is 0 Å². The van der Waals surface area contributed by atoms with Gasteiger partial charge >= 0.3 is 0 Å². The highest BCUT2D eigenvalue weighted by Gasteiger charge is 2.06. The zero-order valence-corrected chi connectivity index (χ0v) is 8.60. The first-order valence-electron chi connectivity index (χ1n) is 4.01. The van der Waals surface area contributed by atoms with Gasteiger partial charge in [0.1, 0.15) is 6.33 Å². The molecule has 0 spiro atoms. The maximum Gasteiger partial charge on any atom is 0.183 e. The van der Waals surface area contributed by atoms with Crippen LogP contribution in [0, 0.1) is 0 Å². The topological polar surface area (TPSA) is 62.8 Å². The number of ether oxygens (including phenoxy) is 1. The Morgan fingerprint density at radius 2 is 2.62 bits per heavy atom. The third kappa shape index (κ3) is 3.75. The summed E-state index contributed by atoms with van der Waals surface area (Å²) in [6.45, 7) is 0.706. The van der Waals surface area contributed by atoms with E-state index in [9.17, 15) is 0 Å². The third-order valence-electron chi connectivity index (χ3n) is 1.59. The SMILES string of the molecule is CNC(COC)CSc1ncn[nH]1. The number of likely N-dealkylation sites (N-methyl/N-ethyl adjacent to an activating group) is 1. The maximum atomic E-state index is 5.04. The molecule has 1 aromatic rings. The standard InChI is InChI=1S/C7H14N4OS/c1-8-6(3-12-2)4-13-7-9-5-10-11-7/h5-6,8H,3-4H2,1-2H3,(H,9,10,11). The molecule has 1 heterocycles. The van der Waals surface area contributed by atoms with Crippen LogP contribution < -0.4 is 5.32 Å². The van der Waals surface area contributed by atoms with Crippen molar-refractivity contribution < 1.29 is 4.74 Å². The van der Waals surface area contributed by atoms with Gasteiger partial charge < -0.3 is 10.1 Å². The van der Waals surface area contributed by atoms with E-state index in [1.165, 1.54) is 6.33 Å². The number of nitrogens with zero attached hydrogens (tertiary/aromatic N) is 2. The Bertz CT molecular complexity index is 216. The van der Waals surface area contributed by atoms with Crippen molar-refractivity contribution in [3.63, 3.8) is 0 Å². The van der Waals surface area contributed by atoms with Gasteiger partial charge in [0.05, 0.1) is 6.61 Å². The van der Waals surface area contributed by atoms with Crippen LogP contribution in [0.15, 0.2) is 11.5 Å². The Kier molecular flexibility index (Phi) is 4.81. The van der Waals surface area contributed by atoms with Crippen molar-refractivity contribution in [2.24, 2.45) is 0 Å². The highest BCUT2D eigenvalue weighted by molar-refractivity contribution is 7.99. The Morgan fingerprint density at radius 1 is 1.77 bits per heavy atom. The molecule has 13 heavy (non-hydrogen) atoms. The Balaban J connectivity index is 2.23. The van der Waals surface area contributed by atoms with Crippen LogP contribution in [0.3, 0.4) is 0 Å². The van der Waals surface area contributed by atoms with Crippen LogP contribution in [0.2, 0.25) is 0 Å². The van der Waals surface area contributed by atoms with Crippen LogP contribution in [0.5, 0.6) is 0 Å². The number of methoxy groups -OCH3 is 1. The van der Waals surface area contributed by atoms with E-state index in [1.54, 1.807) is 18.9 Å². The molecule has 5 nitrogen and oxygen atoms in total. The fraction of sp³-hybridized carbons (Fsp3) is 0.714. The normalized spacial score (nSPS) is 13.1. The number of hydrogen-bond acceptors (Lipinski definition) is 5. The van der Waals surface area contributed by atoms with Crippen LogP contribution in [0.25, 0.3) is 0 Å². The molecule has 0 aliphatic carbocycles. The van der Waals surface area contributed by atoms with E-state index in [2.05, 4.69) is 20.5 Å². The molecule has 0 aliphatic rings. The van der Waals surface area contributed by atoms with Crippen LogP contribution >= 0.6 is 11.8 Å². The molecule has 0 fully saturated rings. The van der Waals surface area contributed by atoms with Gasteiger partial charge in [-0.2, -0.15) is 5.10 Å². The van der Waals surface area contributed by atoms with Gasteiger partial charge in [0, 0.05) is 18.9 Å². The summed E-state index contributed by atoms with van der Waals surface area (Å²) >= 11 is 1.63. The lowest BCUT2D eigenvalue weighted by Crippen LogP contribution is -2.32. The summed E-state index contributed by atoms with van der Waals surface area (Å²) in [4.78, 5) is 4.01. The smallest absolute Gasteiger partial charge is 0.183 e. The maximum absolute atomic E-state index is 5.04. The summed E-state index contributed by atoms with van der Waals surface area (Å²) < 4.78 is 5.04. The molecule has 6 heteroatoms. The average Bonchev–Trinajstić information content (AvgIpc) is 2.64. The fourth-order valence-electron chi connectivity index (χ4n) is 0.859. The lowest BCUT2D eigenvalue weighted by Gasteiger charge is -2.12. The second-order valence-corrected chi connectivity index (χ2v) is 3.55. The van der Waals surface area contributed by atoms with Crippen molar-refractivity contribution in [2.45, 2.75) is 11.2 Å². The second kappa shape index (κ2) is 5.95. The zero-order chi connectivity index (χ0) is 9.52. The van der Waals surface area contributed by atoms with Gasteiger partial charge in [0.25, 0.3) is 0 Å². The molecule has 1 rings (SSSR count). The van der Waals surface area contributed by atoms with Gasteiger partial charge in [-0.05, 0) is 7.05 Å². The Labute approximate surface area is 81.7 Å². The lowest BCUT2D eigenvalue weighted by atomic mass is 10.4. The summed E-state index contributed by atoms with van der Waals surface area (Å²) in [5, 5.41) is 10.6. The third-order valence-corrected chi connectivity index (χ3v) is 2.63. The predicted octanol–water partition coefficient (Wildman–Crippen LogP) is 0.131. The highest BCUT2D eigenvalue weighted by atomic mass is 32.2. The summed E-state index contributed by atoms with van der Waals surface area (Å²) in [7, 11) is 3.62. The molecule has 0 aliphatic heterocycles. The van der Waals surface area contributed by atoms with Crippen LogP contribution in [-0.2, 0) is 4.74 Å². The Hall–Kier alpha value is -0.590. The summed E-state index contributed by atoms with van der Waals surface area (Å²) in [5.74, 6) is 0.916. The second-order valence-electron chi connectivity index (χ2n) is 2.54. The number of aromatic amines is 1. The molecule has 1 aromatic heterocycles. The summed E-state index contributed by atoms with van der Waals surface area (Å²) in [6.07, 6.45) is 1.51. The first-order valence-corrected chi connectivity index (χ1v) is 4.99. The molecule has 0 aromatic carbocycles. The predicted molar refractivity (Wildman–Crippen MR) is 51.8 cm³/mol. The van der Waals surface area contributed by atoms with E-state index < -0.39 is 0 Å². The minimum Gasteiger partial charge on any atom is -0.383 e. The van der Waals surface area contributed by atoms with E-state index >= 15 is 0 Å². The van der Waals surface area contributed by atoms with E-state index in [-0.39, 0.29) is 0 Å². The van der Waals surface area contributed by atoms with Crippen LogP contribution in [0.1, 0.15) is 0 Å². The largest absolute Gasteiger partial charge is 0.383 e. The lowest BCUT2D eigenvalue weighted by molar-refractivity contribution is 0.177. The summed E-state index contributed by atoms with van der Waals surface area (Å²) in [6, 6.07) is 0.347. The van der Waals surface area contributed by atoms with Crippen molar-refractivity contribution in [3.8, 4) is 0 Å². The molecule has 1 atom stereocenters. The van der Waals surface area contributed by atoms with Gasteiger partial charge in [-0.3, -0.25) is 5.10 Å². The van der Waals surface area contributed by atoms with Gasteiger partial charge in [-0.25, -0.2) is 4.98 Å². The number of rotatable bonds is 6. The first-order chi connectivity index (χ1) is 6.36. The minimum atomic E-state index is 0.347. The van der Waals surface area contributed by atoms with E-state index in [1.807, 2.05) is 7.05 Å². The van der Waals surface area contributed by atoms with Gasteiger partial charge in [-0.1, -0.05) is 11.8 Å². The van der Waals surface area contributed by atoms with Crippen molar-refractivity contribution in [3.05, 3.63) is 6.33 Å². The van der Waals surface area contributed by atoms with E-state index in [4.69, 9.17) is 4.74 Å². The molecule has 0 radical (unpaired) electrons. The van der Waals surface area contributed by atoms with Crippen molar-refractivity contribution in [2.75, 3.05) is 26.5 Å². The molecule has 0 saturated heterocycles. The van der Waals surface area contributed by atoms with Gasteiger partial charge in [0.15, 0.2) is 5.16 Å². The van der Waals surface area contributed by atoms with E-state index in [0.717, 1.165) is 10.9 Å². The number of thioether (sulfide) groups is 1. The van der Waals surface area contributed by atoms with Crippen molar-refractivity contribution in [1.29, 1.82) is 0 Å². The number of H-pyrrole nitrogens is 1.